The van der Waals surface area contributed by atoms with E-state index in [0.29, 0.717) is 0 Å². The van der Waals surface area contributed by atoms with Crippen molar-refractivity contribution in [2.45, 2.75) is 5.60 Å². The quantitative estimate of drug-likeness (QED) is 0.306. The maximum atomic E-state index is 11.9. The molecule has 1 N–H and O–H groups in total. The molecule has 0 fully saturated rings. The molecule has 1 aromatic heterocycles. The van der Waals surface area contributed by atoms with Gasteiger partial charge >= 0.3 is 7.25 Å². The molecule has 0 saturated carbocycles. The van der Waals surface area contributed by atoms with Crippen molar-refractivity contribution in [3.05, 3.63) is 144 Å². The van der Waals surface area contributed by atoms with E-state index in [1.165, 1.54) is 0 Å². The minimum absolute atomic E-state index is 0.934. The van der Waals surface area contributed by atoms with Gasteiger partial charge in [-0.25, -0.2) is 0 Å². The third-order valence-electron chi connectivity index (χ3n) is 7.20. The van der Waals surface area contributed by atoms with Crippen molar-refractivity contribution < 1.29 is 9.68 Å². The number of aromatic nitrogens is 1. The van der Waals surface area contributed by atoms with E-state index in [0.717, 1.165) is 49.6 Å². The molecular formula is C31H22BNO2. The maximum Gasteiger partial charge on any atom is 0.596 e. The molecule has 0 bridgehead atoms. The Kier molecular flexibility index (Phi) is 4.46. The Hall–Kier alpha value is -4.12. The fourth-order valence-electron chi connectivity index (χ4n) is 5.78. The molecule has 6 aromatic rings. The Bertz CT molecular complexity index is 1610. The van der Waals surface area contributed by atoms with Crippen LogP contribution < -0.4 is 0 Å². The van der Waals surface area contributed by atoms with Gasteiger partial charge in [-0.1, -0.05) is 115 Å². The molecule has 3 nitrogen and oxygen atoms in total. The summed E-state index contributed by atoms with van der Waals surface area (Å²) in [6.45, 7) is 0. The standard InChI is InChI=1S/C31H22BNO2/c34-32(33-29-20-10-6-16-25(29)26-17-7-11-21-30(26)33)35-31(22-12-2-1-3-13-22)27-18-8-4-14-23(27)24-15-5-9-19-28(24)31/h1-21,34H. The van der Waals surface area contributed by atoms with Crippen molar-refractivity contribution in [1.82, 2.24) is 4.48 Å². The van der Waals surface area contributed by atoms with E-state index in [9.17, 15) is 5.02 Å². The zero-order valence-corrected chi connectivity index (χ0v) is 19.0. The number of rotatable bonds is 4. The van der Waals surface area contributed by atoms with Gasteiger partial charge in [0.15, 0.2) is 0 Å². The van der Waals surface area contributed by atoms with E-state index in [-0.39, 0.29) is 0 Å². The van der Waals surface area contributed by atoms with Crippen molar-refractivity contribution in [3.8, 4) is 11.1 Å². The Morgan fingerprint density at radius 1 is 0.543 bits per heavy atom. The van der Waals surface area contributed by atoms with Gasteiger partial charge in [-0.3, -0.25) is 0 Å². The zero-order chi connectivity index (χ0) is 23.4. The van der Waals surface area contributed by atoms with Crippen LogP contribution in [0.25, 0.3) is 32.9 Å². The number of fused-ring (bicyclic) bond motifs is 6. The Morgan fingerprint density at radius 3 is 1.57 bits per heavy atom. The molecule has 0 unspecified atom stereocenters. The van der Waals surface area contributed by atoms with Gasteiger partial charge in [-0.05, 0) is 39.9 Å². The van der Waals surface area contributed by atoms with E-state index in [4.69, 9.17) is 4.65 Å². The van der Waals surface area contributed by atoms with E-state index in [1.807, 2.05) is 71.2 Å². The molecule has 0 radical (unpaired) electrons. The summed E-state index contributed by atoms with van der Waals surface area (Å²) < 4.78 is 8.82. The van der Waals surface area contributed by atoms with Crippen LogP contribution in [-0.2, 0) is 10.3 Å². The van der Waals surface area contributed by atoms with Gasteiger partial charge in [-0.2, -0.15) is 0 Å². The predicted molar refractivity (Wildman–Crippen MR) is 142 cm³/mol. The minimum Gasteiger partial charge on any atom is -0.407 e. The summed E-state index contributed by atoms with van der Waals surface area (Å²) >= 11 is 0. The van der Waals surface area contributed by atoms with E-state index >= 15 is 0 Å². The predicted octanol–water partition coefficient (Wildman–Crippen LogP) is 6.61. The Labute approximate surface area is 204 Å². The fraction of sp³-hybridized carbons (Fsp3) is 0.0323. The lowest BCUT2D eigenvalue weighted by Crippen LogP contribution is -2.41. The molecule has 4 heteroatoms. The van der Waals surface area contributed by atoms with Gasteiger partial charge in [0, 0.05) is 21.8 Å². The van der Waals surface area contributed by atoms with Crippen LogP contribution in [0.4, 0.5) is 0 Å². The van der Waals surface area contributed by atoms with Gasteiger partial charge in [0.05, 0.1) is 0 Å². The molecule has 35 heavy (non-hydrogen) atoms. The van der Waals surface area contributed by atoms with Crippen molar-refractivity contribution in [2.24, 2.45) is 0 Å². The van der Waals surface area contributed by atoms with Crippen molar-refractivity contribution in [2.75, 3.05) is 0 Å². The van der Waals surface area contributed by atoms with E-state index < -0.39 is 12.9 Å². The van der Waals surface area contributed by atoms with Crippen LogP contribution in [0.15, 0.2) is 127 Å². The molecule has 0 spiro atoms. The second-order valence-electron chi connectivity index (χ2n) is 8.99. The van der Waals surface area contributed by atoms with Crippen LogP contribution in [0.3, 0.4) is 0 Å². The molecule has 166 valence electrons. The average molecular weight is 451 g/mol. The summed E-state index contributed by atoms with van der Waals surface area (Å²) in [5.41, 5.74) is 6.22. The number of hydrogen-bond donors (Lipinski definition) is 1. The zero-order valence-electron chi connectivity index (χ0n) is 19.0. The fourth-order valence-corrected chi connectivity index (χ4v) is 5.78. The summed E-state index contributed by atoms with van der Waals surface area (Å²) in [5.74, 6) is 0. The van der Waals surface area contributed by atoms with Crippen LogP contribution in [0, 0.1) is 0 Å². The molecule has 1 heterocycles. The van der Waals surface area contributed by atoms with Crippen molar-refractivity contribution >= 4 is 29.1 Å². The van der Waals surface area contributed by atoms with Crippen molar-refractivity contribution in [1.29, 1.82) is 0 Å². The average Bonchev–Trinajstić information content (AvgIpc) is 3.41. The highest BCUT2D eigenvalue weighted by molar-refractivity contribution is 6.45. The maximum absolute atomic E-state index is 11.9. The van der Waals surface area contributed by atoms with E-state index in [2.05, 4.69) is 60.7 Å². The van der Waals surface area contributed by atoms with E-state index in [1.54, 1.807) is 0 Å². The number of benzene rings is 5. The molecule has 0 aliphatic heterocycles. The third kappa shape index (κ3) is 2.81. The van der Waals surface area contributed by atoms with Gasteiger partial charge in [0.1, 0.15) is 5.60 Å². The molecule has 5 aromatic carbocycles. The number of nitrogens with zero attached hydrogens (tertiary/aromatic N) is 1. The lowest BCUT2D eigenvalue weighted by atomic mass is 9.82. The first kappa shape index (κ1) is 20.3. The van der Waals surface area contributed by atoms with Crippen LogP contribution in [0.2, 0.25) is 0 Å². The largest absolute Gasteiger partial charge is 0.596 e. The third-order valence-corrected chi connectivity index (χ3v) is 7.20. The Morgan fingerprint density at radius 2 is 1.00 bits per heavy atom. The Balaban J connectivity index is 1.50. The van der Waals surface area contributed by atoms with Gasteiger partial charge in [0.25, 0.3) is 0 Å². The molecule has 1 aliphatic carbocycles. The molecule has 7 rings (SSSR count). The van der Waals surface area contributed by atoms with Crippen molar-refractivity contribution in [3.63, 3.8) is 0 Å². The van der Waals surface area contributed by atoms with Crippen LogP contribution in [-0.4, -0.2) is 16.8 Å². The number of para-hydroxylation sites is 2. The topological polar surface area (TPSA) is 34.4 Å². The smallest absolute Gasteiger partial charge is 0.407 e. The highest BCUT2D eigenvalue weighted by Gasteiger charge is 2.48. The molecule has 0 atom stereocenters. The van der Waals surface area contributed by atoms with Gasteiger partial charge < -0.3 is 14.2 Å². The number of hydrogen-bond acceptors (Lipinski definition) is 2. The first-order chi connectivity index (χ1) is 17.3. The highest BCUT2D eigenvalue weighted by Crippen LogP contribution is 2.53. The monoisotopic (exact) mass is 451 g/mol. The molecule has 1 aliphatic rings. The molecule has 0 amide bonds. The first-order valence-electron chi connectivity index (χ1n) is 11.9. The summed E-state index contributed by atoms with van der Waals surface area (Å²) in [7, 11) is -1.22. The summed E-state index contributed by atoms with van der Waals surface area (Å²) in [6.07, 6.45) is 0. The van der Waals surface area contributed by atoms with Crippen LogP contribution in [0.5, 0.6) is 0 Å². The lowest BCUT2D eigenvalue weighted by molar-refractivity contribution is 0.122. The molecule has 0 saturated heterocycles. The van der Waals surface area contributed by atoms with Crippen LogP contribution in [0.1, 0.15) is 16.7 Å². The summed E-state index contributed by atoms with van der Waals surface area (Å²) in [5, 5.41) is 14.1. The second kappa shape index (κ2) is 7.71. The molecular weight excluding hydrogens is 429 g/mol. The summed E-state index contributed by atoms with van der Waals surface area (Å²) in [6, 6.07) is 43.2. The van der Waals surface area contributed by atoms with Gasteiger partial charge in [-0.15, -0.1) is 0 Å². The highest BCUT2D eigenvalue weighted by atomic mass is 16.6. The lowest BCUT2D eigenvalue weighted by Gasteiger charge is -2.34. The van der Waals surface area contributed by atoms with Gasteiger partial charge in [0.2, 0.25) is 0 Å². The second-order valence-corrected chi connectivity index (χ2v) is 8.99. The van der Waals surface area contributed by atoms with Crippen LogP contribution >= 0.6 is 0 Å². The first-order valence-corrected chi connectivity index (χ1v) is 11.9. The minimum atomic E-state index is -1.22. The summed E-state index contributed by atoms with van der Waals surface area (Å²) in [4.78, 5) is 0. The normalized spacial score (nSPS) is 13.6. The SMILES string of the molecule is OB(OC1(c2ccccc2)c2ccccc2-c2ccccc21)n1c2ccccc2c2ccccc21.